The van der Waals surface area contributed by atoms with E-state index in [2.05, 4.69) is 4.90 Å². The first-order chi connectivity index (χ1) is 14.0. The Bertz CT molecular complexity index is 884. The summed E-state index contributed by atoms with van der Waals surface area (Å²) in [5, 5.41) is 10.9. The Labute approximate surface area is 168 Å². The second-order valence-corrected chi connectivity index (χ2v) is 7.63. The van der Waals surface area contributed by atoms with E-state index in [1.807, 2.05) is 0 Å². The fourth-order valence-electron chi connectivity index (χ4n) is 4.33. The van der Waals surface area contributed by atoms with Crippen LogP contribution in [0.2, 0.25) is 0 Å². The molecule has 7 heteroatoms. The van der Waals surface area contributed by atoms with Gasteiger partial charge in [0, 0.05) is 6.42 Å². The smallest absolute Gasteiger partial charge is 0.271 e. The molecule has 4 rings (SSSR count). The predicted octanol–water partition coefficient (Wildman–Crippen LogP) is 3.72. The number of rotatable bonds is 4. The molecule has 2 aliphatic heterocycles. The molecule has 2 heterocycles. The molecule has 0 radical (unpaired) electrons. The molecule has 1 unspecified atom stereocenters. The summed E-state index contributed by atoms with van der Waals surface area (Å²) >= 11 is 0. The number of carbonyl (C=O) groups excluding carboxylic acids is 1. The van der Waals surface area contributed by atoms with Gasteiger partial charge in [-0.2, -0.15) is 0 Å². The summed E-state index contributed by atoms with van der Waals surface area (Å²) in [5.74, 6) is -1.80. The minimum atomic E-state index is -1.05. The third-order valence-electron chi connectivity index (χ3n) is 5.85. The molecule has 0 saturated carbocycles. The van der Waals surface area contributed by atoms with Crippen molar-refractivity contribution in [1.82, 2.24) is 9.96 Å². The molecule has 0 spiro atoms. The van der Waals surface area contributed by atoms with Gasteiger partial charge in [-0.15, -0.1) is 0 Å². The minimum absolute atomic E-state index is 0.176. The quantitative estimate of drug-likeness (QED) is 0.847. The number of benzene rings is 2. The molecule has 1 amide bonds. The number of hydrogen-bond acceptors (Lipinski definition) is 4. The van der Waals surface area contributed by atoms with Crippen LogP contribution in [-0.2, 0) is 21.7 Å². The molecule has 1 N–H and O–H groups in total. The maximum Gasteiger partial charge on any atom is 0.271 e. The van der Waals surface area contributed by atoms with Crippen molar-refractivity contribution in [2.75, 3.05) is 19.7 Å². The van der Waals surface area contributed by atoms with Crippen LogP contribution in [0.3, 0.4) is 0 Å². The summed E-state index contributed by atoms with van der Waals surface area (Å²) in [6.45, 7) is 1.94. The summed E-state index contributed by atoms with van der Waals surface area (Å²) in [5.41, 5.74) is 0.214. The average molecular weight is 402 g/mol. The molecule has 29 heavy (non-hydrogen) atoms. The van der Waals surface area contributed by atoms with Gasteiger partial charge < -0.3 is 5.11 Å². The van der Waals surface area contributed by atoms with Crippen LogP contribution in [0.15, 0.2) is 42.5 Å². The van der Waals surface area contributed by atoms with E-state index in [0.29, 0.717) is 18.6 Å². The molecule has 2 aromatic rings. The van der Waals surface area contributed by atoms with Crippen LogP contribution in [0, 0.1) is 11.6 Å². The third-order valence-corrected chi connectivity index (χ3v) is 5.85. The number of piperidine rings is 1. The normalized spacial score (nSPS) is 23.4. The Morgan fingerprint density at radius 2 is 1.76 bits per heavy atom. The first-order valence-corrected chi connectivity index (χ1v) is 9.94. The Hall–Kier alpha value is -2.51. The van der Waals surface area contributed by atoms with E-state index in [4.69, 9.17) is 4.84 Å². The highest BCUT2D eigenvalue weighted by Crippen LogP contribution is 2.40. The Morgan fingerprint density at radius 1 is 1.03 bits per heavy atom. The van der Waals surface area contributed by atoms with Crippen LogP contribution in [0.25, 0.3) is 0 Å². The summed E-state index contributed by atoms with van der Waals surface area (Å²) in [6, 6.07) is 10.1. The Morgan fingerprint density at radius 3 is 2.45 bits per heavy atom. The summed E-state index contributed by atoms with van der Waals surface area (Å²) < 4.78 is 27.4. The van der Waals surface area contributed by atoms with Crippen LogP contribution in [0.4, 0.5) is 8.78 Å². The van der Waals surface area contributed by atoms with Gasteiger partial charge in [-0.3, -0.25) is 14.5 Å². The Balaban J connectivity index is 1.71. The van der Waals surface area contributed by atoms with Gasteiger partial charge in [-0.05, 0) is 61.3 Å². The first kappa shape index (κ1) is 19.8. The monoisotopic (exact) mass is 402 g/mol. The van der Waals surface area contributed by atoms with Gasteiger partial charge in [0.2, 0.25) is 0 Å². The van der Waals surface area contributed by atoms with Crippen LogP contribution >= 0.6 is 0 Å². The number of likely N-dealkylation sites (tertiary alicyclic amines) is 1. The third kappa shape index (κ3) is 3.72. The average Bonchev–Trinajstić information content (AvgIpc) is 2.74. The minimum Gasteiger partial charge on any atom is -0.505 e. The zero-order valence-electron chi connectivity index (χ0n) is 16.1. The van der Waals surface area contributed by atoms with Gasteiger partial charge in [-0.25, -0.2) is 13.8 Å². The van der Waals surface area contributed by atoms with E-state index in [0.717, 1.165) is 37.9 Å². The number of phenols is 1. The Kier molecular flexibility index (Phi) is 5.52. The van der Waals surface area contributed by atoms with E-state index in [-0.39, 0.29) is 18.3 Å². The standard InChI is InChI=1S/C22H24F2N2O3/c23-18-7-4-16(5-8-18)15-26-21(28)22(10-13-29-26,25-11-2-1-3-12-25)17-6-9-20(27)19(24)14-17/h4-9,14,27H,1-3,10-13,15H2. The van der Waals surface area contributed by atoms with E-state index in [1.165, 1.54) is 29.3 Å². The molecule has 0 bridgehead atoms. The molecule has 2 aliphatic rings. The van der Waals surface area contributed by atoms with E-state index in [1.54, 1.807) is 18.2 Å². The van der Waals surface area contributed by atoms with Crippen molar-refractivity contribution < 1.29 is 23.5 Å². The zero-order chi connectivity index (χ0) is 20.4. The first-order valence-electron chi connectivity index (χ1n) is 9.94. The lowest BCUT2D eigenvalue weighted by Crippen LogP contribution is -2.61. The molecule has 1 atom stereocenters. The van der Waals surface area contributed by atoms with Crippen LogP contribution in [-0.4, -0.2) is 40.7 Å². The van der Waals surface area contributed by atoms with Crippen molar-refractivity contribution in [3.05, 3.63) is 65.2 Å². The lowest BCUT2D eigenvalue weighted by molar-refractivity contribution is -0.226. The lowest BCUT2D eigenvalue weighted by Gasteiger charge is -2.49. The number of amides is 1. The SMILES string of the molecule is O=C1N(Cc2ccc(F)cc2)OCCC1(c1ccc(O)c(F)c1)N1CCCCC1. The van der Waals surface area contributed by atoms with Crippen molar-refractivity contribution in [2.24, 2.45) is 0 Å². The molecule has 2 aromatic carbocycles. The number of hydrogen-bond donors (Lipinski definition) is 1. The van der Waals surface area contributed by atoms with E-state index in [9.17, 15) is 18.7 Å². The van der Waals surface area contributed by atoms with Gasteiger partial charge in [0.15, 0.2) is 11.6 Å². The molecule has 2 fully saturated rings. The molecule has 2 saturated heterocycles. The van der Waals surface area contributed by atoms with Gasteiger partial charge in [0.1, 0.15) is 11.4 Å². The highest BCUT2D eigenvalue weighted by atomic mass is 19.1. The van der Waals surface area contributed by atoms with Crippen molar-refractivity contribution in [3.63, 3.8) is 0 Å². The van der Waals surface area contributed by atoms with E-state index < -0.39 is 17.1 Å². The molecule has 0 aliphatic carbocycles. The summed E-state index contributed by atoms with van der Waals surface area (Å²) in [4.78, 5) is 21.5. The fourth-order valence-corrected chi connectivity index (χ4v) is 4.33. The van der Waals surface area contributed by atoms with E-state index >= 15 is 0 Å². The highest BCUT2D eigenvalue weighted by Gasteiger charge is 2.51. The topological polar surface area (TPSA) is 53.0 Å². The number of phenolic OH excluding ortho intramolecular Hbond substituents is 1. The number of nitrogens with zero attached hydrogens (tertiary/aromatic N) is 2. The van der Waals surface area contributed by atoms with Crippen LogP contribution in [0.1, 0.15) is 36.8 Å². The summed E-state index contributed by atoms with van der Waals surface area (Å²) in [7, 11) is 0. The second-order valence-electron chi connectivity index (χ2n) is 7.63. The molecule has 5 nitrogen and oxygen atoms in total. The maximum absolute atomic E-state index is 14.2. The molecular formula is C22H24F2N2O3. The predicted molar refractivity (Wildman–Crippen MR) is 103 cm³/mol. The van der Waals surface area contributed by atoms with Crippen molar-refractivity contribution in [1.29, 1.82) is 0 Å². The van der Waals surface area contributed by atoms with Crippen molar-refractivity contribution in [2.45, 2.75) is 37.8 Å². The molecule has 0 aromatic heterocycles. The van der Waals surface area contributed by atoms with Crippen molar-refractivity contribution >= 4 is 5.91 Å². The van der Waals surface area contributed by atoms with Gasteiger partial charge in [-0.1, -0.05) is 24.6 Å². The highest BCUT2D eigenvalue weighted by molar-refractivity contribution is 5.87. The lowest BCUT2D eigenvalue weighted by atomic mass is 9.81. The summed E-state index contributed by atoms with van der Waals surface area (Å²) in [6.07, 6.45) is 3.43. The number of carbonyl (C=O) groups is 1. The zero-order valence-corrected chi connectivity index (χ0v) is 16.1. The number of hydroxylamine groups is 2. The van der Waals surface area contributed by atoms with Crippen LogP contribution in [0.5, 0.6) is 5.75 Å². The fraction of sp³-hybridized carbons (Fsp3) is 0.409. The number of aromatic hydroxyl groups is 1. The van der Waals surface area contributed by atoms with Gasteiger partial charge in [0.05, 0.1) is 13.2 Å². The molecule has 154 valence electrons. The number of halogens is 2. The maximum atomic E-state index is 14.2. The van der Waals surface area contributed by atoms with Gasteiger partial charge in [0.25, 0.3) is 5.91 Å². The van der Waals surface area contributed by atoms with Gasteiger partial charge >= 0.3 is 0 Å². The molecular weight excluding hydrogens is 378 g/mol. The van der Waals surface area contributed by atoms with Crippen LogP contribution < -0.4 is 0 Å². The largest absolute Gasteiger partial charge is 0.505 e. The second kappa shape index (κ2) is 8.08. The van der Waals surface area contributed by atoms with Crippen molar-refractivity contribution in [3.8, 4) is 5.75 Å².